The van der Waals surface area contributed by atoms with Gasteiger partial charge < -0.3 is 10.4 Å². The molecule has 0 atom stereocenters. The third kappa shape index (κ3) is 3.81. The Morgan fingerprint density at radius 1 is 1.56 bits per heavy atom. The Kier molecular flexibility index (Phi) is 4.73. The lowest BCUT2D eigenvalue weighted by molar-refractivity contribution is 0.0690. The SMILES string of the molecule is Cc1sc(NCCCC(C)C)nc1C(=O)O. The monoisotopic (exact) mass is 242 g/mol. The first-order valence-electron chi connectivity index (χ1n) is 5.45. The predicted octanol–water partition coefficient (Wildman–Crippen LogP) is 3.00. The molecule has 0 unspecified atom stereocenters. The van der Waals surface area contributed by atoms with E-state index in [1.54, 1.807) is 6.92 Å². The quantitative estimate of drug-likeness (QED) is 0.753. The fraction of sp³-hybridized carbons (Fsp3) is 0.636. The first-order valence-corrected chi connectivity index (χ1v) is 6.27. The highest BCUT2D eigenvalue weighted by atomic mass is 32.1. The van der Waals surface area contributed by atoms with E-state index in [9.17, 15) is 4.79 Å². The summed E-state index contributed by atoms with van der Waals surface area (Å²) in [5.41, 5.74) is 0.163. The number of carbonyl (C=O) groups is 1. The van der Waals surface area contributed by atoms with Gasteiger partial charge in [0.15, 0.2) is 10.8 Å². The Morgan fingerprint density at radius 2 is 2.25 bits per heavy atom. The summed E-state index contributed by atoms with van der Waals surface area (Å²) in [7, 11) is 0. The molecule has 16 heavy (non-hydrogen) atoms. The van der Waals surface area contributed by atoms with Crippen LogP contribution in [0.4, 0.5) is 5.13 Å². The van der Waals surface area contributed by atoms with Crippen molar-refractivity contribution < 1.29 is 9.90 Å². The third-order valence-corrected chi connectivity index (χ3v) is 3.16. The first kappa shape index (κ1) is 13.0. The van der Waals surface area contributed by atoms with Crippen molar-refractivity contribution in [2.24, 2.45) is 5.92 Å². The van der Waals surface area contributed by atoms with Gasteiger partial charge >= 0.3 is 5.97 Å². The van der Waals surface area contributed by atoms with Crippen molar-refractivity contribution in [3.63, 3.8) is 0 Å². The summed E-state index contributed by atoms with van der Waals surface area (Å²) in [6.07, 6.45) is 2.25. The molecule has 0 bridgehead atoms. The van der Waals surface area contributed by atoms with Crippen molar-refractivity contribution in [2.75, 3.05) is 11.9 Å². The van der Waals surface area contributed by atoms with Crippen LogP contribution in [0, 0.1) is 12.8 Å². The van der Waals surface area contributed by atoms with Gasteiger partial charge in [0.1, 0.15) is 0 Å². The molecule has 0 fully saturated rings. The van der Waals surface area contributed by atoms with Crippen molar-refractivity contribution in [3.8, 4) is 0 Å². The van der Waals surface area contributed by atoms with Crippen LogP contribution in [0.25, 0.3) is 0 Å². The van der Waals surface area contributed by atoms with Crippen molar-refractivity contribution in [3.05, 3.63) is 10.6 Å². The molecule has 0 aliphatic carbocycles. The second kappa shape index (κ2) is 5.84. The summed E-state index contributed by atoms with van der Waals surface area (Å²) >= 11 is 1.40. The number of anilines is 1. The Labute approximate surface area is 99.7 Å². The molecular formula is C11H18N2O2S. The number of nitrogens with zero attached hydrogens (tertiary/aromatic N) is 1. The van der Waals surface area contributed by atoms with E-state index in [1.807, 2.05) is 0 Å². The molecule has 0 spiro atoms. The van der Waals surface area contributed by atoms with Crippen LogP contribution in [0.15, 0.2) is 0 Å². The number of aromatic nitrogens is 1. The van der Waals surface area contributed by atoms with Crippen LogP contribution in [0.3, 0.4) is 0 Å². The second-order valence-electron chi connectivity index (χ2n) is 4.19. The van der Waals surface area contributed by atoms with Gasteiger partial charge in [-0.25, -0.2) is 9.78 Å². The molecule has 0 amide bonds. The number of carboxylic acid groups (broad SMARTS) is 1. The van der Waals surface area contributed by atoms with E-state index in [1.165, 1.54) is 17.8 Å². The van der Waals surface area contributed by atoms with Crippen LogP contribution < -0.4 is 5.32 Å². The number of nitrogens with one attached hydrogen (secondary N) is 1. The molecule has 0 aromatic carbocycles. The van der Waals surface area contributed by atoms with E-state index in [-0.39, 0.29) is 5.69 Å². The van der Waals surface area contributed by atoms with Crippen molar-refractivity contribution >= 4 is 22.4 Å². The number of hydrogen-bond donors (Lipinski definition) is 2. The normalized spacial score (nSPS) is 10.8. The van der Waals surface area contributed by atoms with Crippen molar-refractivity contribution in [1.29, 1.82) is 0 Å². The molecule has 0 aliphatic rings. The highest BCUT2D eigenvalue weighted by molar-refractivity contribution is 7.15. The van der Waals surface area contributed by atoms with Crippen LogP contribution in [0.1, 0.15) is 42.1 Å². The lowest BCUT2D eigenvalue weighted by Gasteiger charge is -2.04. The molecule has 90 valence electrons. The van der Waals surface area contributed by atoms with E-state index in [0.717, 1.165) is 17.8 Å². The van der Waals surface area contributed by atoms with E-state index in [0.29, 0.717) is 11.0 Å². The lowest BCUT2D eigenvalue weighted by Crippen LogP contribution is -2.04. The number of hydrogen-bond acceptors (Lipinski definition) is 4. The van der Waals surface area contributed by atoms with Gasteiger partial charge in [-0.15, -0.1) is 11.3 Å². The van der Waals surface area contributed by atoms with Gasteiger partial charge in [-0.3, -0.25) is 0 Å². The summed E-state index contributed by atoms with van der Waals surface area (Å²) in [4.78, 5) is 15.6. The van der Waals surface area contributed by atoms with E-state index >= 15 is 0 Å². The van der Waals surface area contributed by atoms with Gasteiger partial charge in [-0.05, 0) is 25.7 Å². The number of rotatable bonds is 6. The summed E-state index contributed by atoms with van der Waals surface area (Å²) in [5.74, 6) is -0.251. The van der Waals surface area contributed by atoms with Crippen molar-refractivity contribution in [2.45, 2.75) is 33.6 Å². The van der Waals surface area contributed by atoms with Gasteiger partial charge in [-0.2, -0.15) is 0 Å². The Hall–Kier alpha value is -1.10. The van der Waals surface area contributed by atoms with E-state index < -0.39 is 5.97 Å². The van der Waals surface area contributed by atoms with Crippen LogP contribution >= 0.6 is 11.3 Å². The topological polar surface area (TPSA) is 62.2 Å². The third-order valence-electron chi connectivity index (χ3n) is 2.23. The molecule has 5 heteroatoms. The summed E-state index contributed by atoms with van der Waals surface area (Å²) in [6, 6.07) is 0. The molecule has 0 saturated heterocycles. The minimum atomic E-state index is -0.955. The molecule has 1 aromatic rings. The van der Waals surface area contributed by atoms with Gasteiger partial charge in [0.25, 0.3) is 0 Å². The number of thiazole rings is 1. The number of aryl methyl sites for hydroxylation is 1. The van der Waals surface area contributed by atoms with Gasteiger partial charge in [-0.1, -0.05) is 13.8 Å². The van der Waals surface area contributed by atoms with Crippen LogP contribution in [-0.2, 0) is 0 Å². The van der Waals surface area contributed by atoms with Crippen LogP contribution in [0.2, 0.25) is 0 Å². The second-order valence-corrected chi connectivity index (χ2v) is 5.40. The summed E-state index contributed by atoms with van der Waals surface area (Å²) in [6.45, 7) is 7.01. The zero-order valence-corrected chi connectivity index (χ0v) is 10.7. The fourth-order valence-corrected chi connectivity index (χ4v) is 2.21. The molecule has 1 heterocycles. The van der Waals surface area contributed by atoms with E-state index in [4.69, 9.17) is 5.11 Å². The highest BCUT2D eigenvalue weighted by Crippen LogP contribution is 2.22. The minimum Gasteiger partial charge on any atom is -0.476 e. The maximum atomic E-state index is 10.8. The smallest absolute Gasteiger partial charge is 0.355 e. The van der Waals surface area contributed by atoms with Crippen LogP contribution in [0.5, 0.6) is 0 Å². The zero-order chi connectivity index (χ0) is 12.1. The maximum Gasteiger partial charge on any atom is 0.355 e. The molecule has 2 N–H and O–H groups in total. The Bertz CT molecular complexity index is 361. The van der Waals surface area contributed by atoms with Crippen molar-refractivity contribution in [1.82, 2.24) is 4.98 Å². The maximum absolute atomic E-state index is 10.8. The molecule has 1 rings (SSSR count). The molecule has 0 radical (unpaired) electrons. The standard InChI is InChI=1S/C11H18N2O2S/c1-7(2)5-4-6-12-11-13-9(10(14)15)8(3)16-11/h7H,4-6H2,1-3H3,(H,12,13)(H,14,15). The average molecular weight is 242 g/mol. The molecule has 4 nitrogen and oxygen atoms in total. The number of aromatic carboxylic acids is 1. The molecular weight excluding hydrogens is 224 g/mol. The highest BCUT2D eigenvalue weighted by Gasteiger charge is 2.13. The zero-order valence-electron chi connectivity index (χ0n) is 9.91. The Morgan fingerprint density at radius 3 is 2.75 bits per heavy atom. The first-order chi connectivity index (χ1) is 7.50. The van der Waals surface area contributed by atoms with Gasteiger partial charge in [0.2, 0.25) is 0 Å². The average Bonchev–Trinajstić information content (AvgIpc) is 2.54. The molecule has 1 aromatic heterocycles. The van der Waals surface area contributed by atoms with Crippen LogP contribution in [-0.4, -0.2) is 22.6 Å². The molecule has 0 aliphatic heterocycles. The minimum absolute atomic E-state index is 0.163. The summed E-state index contributed by atoms with van der Waals surface area (Å²) < 4.78 is 0. The van der Waals surface area contributed by atoms with E-state index in [2.05, 4.69) is 24.1 Å². The lowest BCUT2D eigenvalue weighted by atomic mass is 10.1. The van der Waals surface area contributed by atoms with Gasteiger partial charge in [0, 0.05) is 11.4 Å². The Balaban J connectivity index is 2.43. The fourth-order valence-electron chi connectivity index (χ4n) is 1.38. The summed E-state index contributed by atoms with van der Waals surface area (Å²) in [5, 5.41) is 12.7. The van der Waals surface area contributed by atoms with Gasteiger partial charge in [0.05, 0.1) is 0 Å². The number of carboxylic acids is 1. The predicted molar refractivity (Wildman–Crippen MR) is 66.4 cm³/mol. The largest absolute Gasteiger partial charge is 0.476 e. The molecule has 0 saturated carbocycles.